The lowest BCUT2D eigenvalue weighted by Gasteiger charge is -2.15. The van der Waals surface area contributed by atoms with Crippen molar-refractivity contribution in [1.29, 1.82) is 0 Å². The zero-order chi connectivity index (χ0) is 16.1. The van der Waals surface area contributed by atoms with Crippen LogP contribution in [-0.2, 0) is 0 Å². The monoisotopic (exact) mass is 298 g/mol. The van der Waals surface area contributed by atoms with E-state index in [1.165, 1.54) is 24.3 Å². The molecule has 0 heterocycles. The van der Waals surface area contributed by atoms with Crippen molar-refractivity contribution < 1.29 is 9.72 Å². The molecule has 5 nitrogen and oxygen atoms in total. The number of nitro benzene ring substituents is 1. The number of hydrogen-bond donors (Lipinski definition) is 1. The van der Waals surface area contributed by atoms with Gasteiger partial charge in [-0.3, -0.25) is 14.9 Å². The summed E-state index contributed by atoms with van der Waals surface area (Å²) in [6, 6.07) is 13.3. The molecule has 0 saturated heterocycles. The molecule has 1 amide bonds. The van der Waals surface area contributed by atoms with Crippen molar-refractivity contribution in [2.75, 3.05) is 5.32 Å². The maximum atomic E-state index is 12.3. The highest BCUT2D eigenvalue weighted by molar-refractivity contribution is 6.04. The van der Waals surface area contributed by atoms with Crippen molar-refractivity contribution in [3.8, 4) is 0 Å². The third-order valence-electron chi connectivity index (χ3n) is 3.69. The van der Waals surface area contributed by atoms with Crippen molar-refractivity contribution in [3.63, 3.8) is 0 Å². The van der Waals surface area contributed by atoms with Gasteiger partial charge >= 0.3 is 0 Å². The van der Waals surface area contributed by atoms with E-state index in [-0.39, 0.29) is 11.6 Å². The van der Waals surface area contributed by atoms with Gasteiger partial charge in [-0.05, 0) is 36.1 Å². The molecule has 1 atom stereocenters. The Morgan fingerprint density at radius 2 is 1.82 bits per heavy atom. The SMILES string of the molecule is CC[C@H](C)c1ccccc1NC(=O)c1ccc([N+](=O)[O-])cc1. The third kappa shape index (κ3) is 3.49. The fraction of sp³-hybridized carbons (Fsp3) is 0.235. The first-order valence-corrected chi connectivity index (χ1v) is 7.17. The summed E-state index contributed by atoms with van der Waals surface area (Å²) in [6.07, 6.45) is 0.977. The molecule has 0 aromatic heterocycles. The van der Waals surface area contributed by atoms with Gasteiger partial charge in [0.15, 0.2) is 0 Å². The van der Waals surface area contributed by atoms with Crippen LogP contribution < -0.4 is 5.32 Å². The highest BCUT2D eigenvalue weighted by atomic mass is 16.6. The maximum absolute atomic E-state index is 12.3. The van der Waals surface area contributed by atoms with Gasteiger partial charge in [-0.15, -0.1) is 0 Å². The Morgan fingerprint density at radius 3 is 2.41 bits per heavy atom. The van der Waals surface area contributed by atoms with Crippen LogP contribution >= 0.6 is 0 Å². The summed E-state index contributed by atoms with van der Waals surface area (Å²) in [5.41, 5.74) is 2.22. The molecule has 114 valence electrons. The predicted molar refractivity (Wildman–Crippen MR) is 86.2 cm³/mol. The summed E-state index contributed by atoms with van der Waals surface area (Å²) in [6.45, 7) is 4.20. The van der Waals surface area contributed by atoms with E-state index in [0.29, 0.717) is 11.5 Å². The quantitative estimate of drug-likeness (QED) is 0.658. The second-order valence-electron chi connectivity index (χ2n) is 5.15. The van der Waals surface area contributed by atoms with Gasteiger partial charge in [-0.1, -0.05) is 32.0 Å². The number of non-ortho nitro benzene ring substituents is 1. The maximum Gasteiger partial charge on any atom is 0.269 e. The van der Waals surface area contributed by atoms with Gasteiger partial charge in [0, 0.05) is 23.4 Å². The highest BCUT2D eigenvalue weighted by Crippen LogP contribution is 2.27. The largest absolute Gasteiger partial charge is 0.322 e. The van der Waals surface area contributed by atoms with Crippen LogP contribution in [0.5, 0.6) is 0 Å². The van der Waals surface area contributed by atoms with E-state index < -0.39 is 4.92 Å². The number of carbonyl (C=O) groups excluding carboxylic acids is 1. The lowest BCUT2D eigenvalue weighted by atomic mass is 9.97. The number of anilines is 1. The Hall–Kier alpha value is -2.69. The lowest BCUT2D eigenvalue weighted by molar-refractivity contribution is -0.384. The van der Waals surface area contributed by atoms with Gasteiger partial charge in [0.2, 0.25) is 0 Å². The molecule has 2 aromatic carbocycles. The molecule has 0 fully saturated rings. The fourth-order valence-electron chi connectivity index (χ4n) is 2.19. The second kappa shape index (κ2) is 6.85. The minimum Gasteiger partial charge on any atom is -0.322 e. The molecule has 0 bridgehead atoms. The molecular formula is C17H18N2O3. The number of hydrogen-bond acceptors (Lipinski definition) is 3. The molecule has 0 spiro atoms. The van der Waals surface area contributed by atoms with E-state index in [2.05, 4.69) is 19.2 Å². The Labute approximate surface area is 129 Å². The average molecular weight is 298 g/mol. The number of rotatable bonds is 5. The number of nitrogens with zero attached hydrogens (tertiary/aromatic N) is 1. The van der Waals surface area contributed by atoms with E-state index in [4.69, 9.17) is 0 Å². The van der Waals surface area contributed by atoms with Crippen molar-refractivity contribution in [3.05, 3.63) is 69.8 Å². The number of carbonyl (C=O) groups is 1. The molecule has 2 aromatic rings. The molecule has 5 heteroatoms. The van der Waals surface area contributed by atoms with Gasteiger partial charge in [0.1, 0.15) is 0 Å². The fourth-order valence-corrected chi connectivity index (χ4v) is 2.19. The lowest BCUT2D eigenvalue weighted by Crippen LogP contribution is -2.13. The van der Waals surface area contributed by atoms with Crippen LogP contribution in [0.25, 0.3) is 0 Å². The van der Waals surface area contributed by atoms with Gasteiger partial charge in [0.25, 0.3) is 11.6 Å². The van der Waals surface area contributed by atoms with E-state index >= 15 is 0 Å². The molecule has 0 radical (unpaired) electrons. The van der Waals surface area contributed by atoms with E-state index in [9.17, 15) is 14.9 Å². The van der Waals surface area contributed by atoms with Crippen LogP contribution in [0.4, 0.5) is 11.4 Å². The topological polar surface area (TPSA) is 72.2 Å². The van der Waals surface area contributed by atoms with Crippen LogP contribution in [0, 0.1) is 10.1 Å². The molecule has 0 aliphatic carbocycles. The molecule has 0 aliphatic rings. The Balaban J connectivity index is 2.20. The summed E-state index contributed by atoms with van der Waals surface area (Å²) in [4.78, 5) is 22.4. The summed E-state index contributed by atoms with van der Waals surface area (Å²) >= 11 is 0. The summed E-state index contributed by atoms with van der Waals surface area (Å²) in [5, 5.41) is 13.5. The minimum atomic E-state index is -0.486. The smallest absolute Gasteiger partial charge is 0.269 e. The molecule has 22 heavy (non-hydrogen) atoms. The third-order valence-corrected chi connectivity index (χ3v) is 3.69. The van der Waals surface area contributed by atoms with Crippen LogP contribution in [0.2, 0.25) is 0 Å². The van der Waals surface area contributed by atoms with Gasteiger partial charge < -0.3 is 5.32 Å². The molecule has 0 aliphatic heterocycles. The summed E-state index contributed by atoms with van der Waals surface area (Å²) in [5.74, 6) is 0.0685. The first-order chi connectivity index (χ1) is 10.5. The number of nitro groups is 1. The van der Waals surface area contributed by atoms with E-state index in [1.54, 1.807) is 0 Å². The van der Waals surface area contributed by atoms with Crippen LogP contribution in [0.3, 0.4) is 0 Å². The number of amides is 1. The van der Waals surface area contributed by atoms with Crippen molar-refractivity contribution in [1.82, 2.24) is 0 Å². The Bertz CT molecular complexity index is 681. The summed E-state index contributed by atoms with van der Waals surface area (Å²) < 4.78 is 0. The first kappa shape index (κ1) is 15.7. The van der Waals surface area contributed by atoms with E-state index in [1.807, 2.05) is 24.3 Å². The zero-order valence-corrected chi connectivity index (χ0v) is 12.6. The van der Waals surface area contributed by atoms with Gasteiger partial charge in [0.05, 0.1) is 4.92 Å². The van der Waals surface area contributed by atoms with Crippen LogP contribution in [0.15, 0.2) is 48.5 Å². The van der Waals surface area contributed by atoms with Crippen LogP contribution in [-0.4, -0.2) is 10.8 Å². The predicted octanol–water partition coefficient (Wildman–Crippen LogP) is 4.36. The average Bonchev–Trinajstić information content (AvgIpc) is 2.54. The number of para-hydroxylation sites is 1. The van der Waals surface area contributed by atoms with Crippen molar-refractivity contribution >= 4 is 17.3 Å². The normalized spacial score (nSPS) is 11.7. The highest BCUT2D eigenvalue weighted by Gasteiger charge is 2.13. The zero-order valence-electron chi connectivity index (χ0n) is 12.6. The summed E-state index contributed by atoms with van der Waals surface area (Å²) in [7, 11) is 0. The minimum absolute atomic E-state index is 0.0310. The standard InChI is InChI=1S/C17H18N2O3/c1-3-12(2)15-6-4-5-7-16(15)18-17(20)13-8-10-14(11-9-13)19(21)22/h4-12H,3H2,1-2H3,(H,18,20)/t12-/m0/s1. The molecule has 0 saturated carbocycles. The van der Waals surface area contributed by atoms with E-state index in [0.717, 1.165) is 17.7 Å². The van der Waals surface area contributed by atoms with Gasteiger partial charge in [-0.25, -0.2) is 0 Å². The Kier molecular flexibility index (Phi) is 4.88. The molecular weight excluding hydrogens is 280 g/mol. The van der Waals surface area contributed by atoms with Crippen molar-refractivity contribution in [2.24, 2.45) is 0 Å². The van der Waals surface area contributed by atoms with Crippen LogP contribution in [0.1, 0.15) is 42.1 Å². The van der Waals surface area contributed by atoms with Gasteiger partial charge in [-0.2, -0.15) is 0 Å². The number of nitrogens with one attached hydrogen (secondary N) is 1. The molecule has 0 unspecified atom stereocenters. The number of benzene rings is 2. The Morgan fingerprint density at radius 1 is 1.18 bits per heavy atom. The molecule has 1 N–H and O–H groups in total. The second-order valence-corrected chi connectivity index (χ2v) is 5.15. The molecule has 2 rings (SSSR count). The first-order valence-electron chi connectivity index (χ1n) is 7.17. The van der Waals surface area contributed by atoms with Crippen molar-refractivity contribution in [2.45, 2.75) is 26.2 Å².